The van der Waals surface area contributed by atoms with Crippen LogP contribution in [0.1, 0.15) is 41.2 Å². The predicted molar refractivity (Wildman–Crippen MR) is 105 cm³/mol. The zero-order valence-electron chi connectivity index (χ0n) is 15.5. The summed E-state index contributed by atoms with van der Waals surface area (Å²) in [6.07, 6.45) is 0.103. The summed E-state index contributed by atoms with van der Waals surface area (Å²) >= 11 is 1.46. The number of nitrogens with zero attached hydrogens (tertiary/aromatic N) is 2. The number of para-hydroxylation sites is 1. The summed E-state index contributed by atoms with van der Waals surface area (Å²) in [4.78, 5) is 32.4. The number of hydrogen-bond acceptors (Lipinski definition) is 5. The van der Waals surface area contributed by atoms with Gasteiger partial charge in [0.05, 0.1) is 11.3 Å². The Morgan fingerprint density at radius 1 is 1.35 bits per heavy atom. The van der Waals surface area contributed by atoms with Crippen LogP contribution >= 0.6 is 11.3 Å². The van der Waals surface area contributed by atoms with Crippen molar-refractivity contribution in [3.05, 3.63) is 40.4 Å². The van der Waals surface area contributed by atoms with Crippen LogP contribution in [0, 0.1) is 19.8 Å². The minimum atomic E-state index is -0.132. The number of thiazole rings is 1. The van der Waals surface area contributed by atoms with Crippen molar-refractivity contribution in [2.75, 3.05) is 17.2 Å². The maximum absolute atomic E-state index is 12.9. The van der Waals surface area contributed by atoms with E-state index in [9.17, 15) is 9.59 Å². The lowest BCUT2D eigenvalue weighted by atomic mass is 10.0. The molecule has 0 saturated carbocycles. The number of rotatable bonds is 5. The van der Waals surface area contributed by atoms with E-state index in [2.05, 4.69) is 29.5 Å². The highest BCUT2D eigenvalue weighted by atomic mass is 32.1. The molecule has 26 heavy (non-hydrogen) atoms. The van der Waals surface area contributed by atoms with E-state index in [1.165, 1.54) is 11.3 Å². The van der Waals surface area contributed by atoms with Crippen LogP contribution < -0.4 is 10.6 Å². The Morgan fingerprint density at radius 3 is 2.73 bits per heavy atom. The minimum Gasteiger partial charge on any atom is -0.364 e. The van der Waals surface area contributed by atoms with E-state index in [1.807, 2.05) is 38.1 Å². The second-order valence-electron chi connectivity index (χ2n) is 6.84. The highest BCUT2D eigenvalue weighted by Crippen LogP contribution is 2.28. The highest BCUT2D eigenvalue weighted by molar-refractivity contribution is 7.15. The lowest BCUT2D eigenvalue weighted by Crippen LogP contribution is -2.52. The topological polar surface area (TPSA) is 74.3 Å². The van der Waals surface area contributed by atoms with Crippen LogP contribution in [0.3, 0.4) is 0 Å². The molecule has 0 saturated heterocycles. The molecule has 2 N–H and O–H groups in total. The monoisotopic (exact) mass is 372 g/mol. The maximum atomic E-state index is 12.9. The van der Waals surface area contributed by atoms with E-state index in [1.54, 1.807) is 4.90 Å². The standard InChI is InChI=1S/C19H24N4O2S/c1-11(2)17-21-15-8-6-5-7-14(15)18(25)23(17)10-9-16(24)22-19-20-12(3)13(4)26-19/h5-8,11,17,21H,9-10H2,1-4H3,(H,20,22,24)/t17-/m1/s1. The second kappa shape index (κ2) is 7.45. The van der Waals surface area contributed by atoms with Crippen molar-refractivity contribution in [2.45, 2.75) is 40.3 Å². The lowest BCUT2D eigenvalue weighted by Gasteiger charge is -2.40. The molecule has 1 aliphatic rings. The number of hydrogen-bond donors (Lipinski definition) is 2. The molecule has 2 heterocycles. The van der Waals surface area contributed by atoms with Gasteiger partial charge in [-0.15, -0.1) is 11.3 Å². The number of nitrogens with one attached hydrogen (secondary N) is 2. The van der Waals surface area contributed by atoms with Crippen LogP contribution in [0.5, 0.6) is 0 Å². The third-order valence-electron chi connectivity index (χ3n) is 4.54. The molecule has 0 aliphatic carbocycles. The van der Waals surface area contributed by atoms with Crippen LogP contribution in [0.4, 0.5) is 10.8 Å². The molecule has 3 rings (SSSR count). The van der Waals surface area contributed by atoms with E-state index in [0.29, 0.717) is 17.2 Å². The van der Waals surface area contributed by atoms with Crippen LogP contribution in [-0.2, 0) is 4.79 Å². The molecule has 7 heteroatoms. The molecular weight excluding hydrogens is 348 g/mol. The molecule has 0 fully saturated rings. The average molecular weight is 372 g/mol. The molecule has 0 radical (unpaired) electrons. The highest BCUT2D eigenvalue weighted by Gasteiger charge is 2.33. The molecule has 1 aromatic carbocycles. The summed E-state index contributed by atoms with van der Waals surface area (Å²) in [5.74, 6) is 0.0549. The number of aryl methyl sites for hydroxylation is 2. The molecule has 0 spiro atoms. The van der Waals surface area contributed by atoms with Crippen molar-refractivity contribution in [1.82, 2.24) is 9.88 Å². The summed E-state index contributed by atoms with van der Waals surface area (Å²) in [6.45, 7) is 8.38. The minimum absolute atomic E-state index is 0.0354. The van der Waals surface area contributed by atoms with Crippen molar-refractivity contribution in [1.29, 1.82) is 0 Å². The molecule has 6 nitrogen and oxygen atoms in total. The van der Waals surface area contributed by atoms with Gasteiger partial charge < -0.3 is 15.5 Å². The number of amides is 2. The first kappa shape index (κ1) is 18.4. The van der Waals surface area contributed by atoms with Crippen molar-refractivity contribution < 1.29 is 9.59 Å². The van der Waals surface area contributed by atoms with Gasteiger partial charge in [0.15, 0.2) is 5.13 Å². The number of anilines is 2. The average Bonchev–Trinajstić information content (AvgIpc) is 2.91. The molecule has 138 valence electrons. The van der Waals surface area contributed by atoms with Crippen LogP contribution in [0.15, 0.2) is 24.3 Å². The molecule has 0 bridgehead atoms. The number of carbonyl (C=O) groups excluding carboxylic acids is 2. The molecule has 1 aliphatic heterocycles. The van der Waals surface area contributed by atoms with Gasteiger partial charge >= 0.3 is 0 Å². The van der Waals surface area contributed by atoms with Crippen LogP contribution in [0.25, 0.3) is 0 Å². The van der Waals surface area contributed by atoms with Crippen molar-refractivity contribution in [2.24, 2.45) is 5.92 Å². The molecule has 0 unspecified atom stereocenters. The fourth-order valence-electron chi connectivity index (χ4n) is 3.01. The fraction of sp³-hybridized carbons (Fsp3) is 0.421. The molecule has 1 aromatic heterocycles. The van der Waals surface area contributed by atoms with E-state index < -0.39 is 0 Å². The lowest BCUT2D eigenvalue weighted by molar-refractivity contribution is -0.116. The number of benzene rings is 1. The fourth-order valence-corrected chi connectivity index (χ4v) is 3.84. The first-order valence-electron chi connectivity index (χ1n) is 8.77. The molecule has 2 amide bonds. The molecule has 2 aromatic rings. The number of fused-ring (bicyclic) bond motifs is 1. The third kappa shape index (κ3) is 3.72. The number of aromatic nitrogens is 1. The van der Waals surface area contributed by atoms with Crippen LogP contribution in [0.2, 0.25) is 0 Å². The van der Waals surface area contributed by atoms with E-state index in [0.717, 1.165) is 16.3 Å². The summed E-state index contributed by atoms with van der Waals surface area (Å²) in [5.41, 5.74) is 2.43. The normalized spacial score (nSPS) is 16.4. The molecular formula is C19H24N4O2S. The third-order valence-corrected chi connectivity index (χ3v) is 5.53. The van der Waals surface area contributed by atoms with Gasteiger partial charge in [-0.1, -0.05) is 26.0 Å². The van der Waals surface area contributed by atoms with Gasteiger partial charge in [-0.05, 0) is 31.9 Å². The van der Waals surface area contributed by atoms with E-state index in [-0.39, 0.29) is 30.3 Å². The smallest absolute Gasteiger partial charge is 0.257 e. The SMILES string of the molecule is Cc1nc(NC(=O)CCN2C(=O)c3ccccc3N[C@H]2C(C)C)sc1C. The Bertz CT molecular complexity index is 811. The second-order valence-corrected chi connectivity index (χ2v) is 8.04. The first-order valence-corrected chi connectivity index (χ1v) is 9.59. The Kier molecular flexibility index (Phi) is 5.27. The Labute approximate surface area is 157 Å². The zero-order valence-corrected chi connectivity index (χ0v) is 16.3. The Balaban J connectivity index is 1.69. The quantitative estimate of drug-likeness (QED) is 0.840. The van der Waals surface area contributed by atoms with Gasteiger partial charge in [0.25, 0.3) is 5.91 Å². The Morgan fingerprint density at radius 2 is 2.08 bits per heavy atom. The van der Waals surface area contributed by atoms with Crippen molar-refractivity contribution in [3.63, 3.8) is 0 Å². The first-order chi connectivity index (χ1) is 12.4. The summed E-state index contributed by atoms with van der Waals surface area (Å²) in [5, 5.41) is 6.87. The number of carbonyl (C=O) groups is 2. The Hall–Kier alpha value is -2.41. The van der Waals surface area contributed by atoms with Gasteiger partial charge in [0.2, 0.25) is 5.91 Å². The van der Waals surface area contributed by atoms with Crippen LogP contribution in [-0.4, -0.2) is 34.4 Å². The largest absolute Gasteiger partial charge is 0.364 e. The van der Waals surface area contributed by atoms with Gasteiger partial charge in [0, 0.05) is 23.5 Å². The summed E-state index contributed by atoms with van der Waals surface area (Å²) < 4.78 is 0. The van der Waals surface area contributed by atoms with Gasteiger partial charge in [-0.2, -0.15) is 0 Å². The van der Waals surface area contributed by atoms with Gasteiger partial charge in [-0.25, -0.2) is 4.98 Å². The maximum Gasteiger partial charge on any atom is 0.257 e. The van der Waals surface area contributed by atoms with E-state index in [4.69, 9.17) is 0 Å². The zero-order chi connectivity index (χ0) is 18.8. The van der Waals surface area contributed by atoms with Gasteiger partial charge in [-0.3, -0.25) is 9.59 Å². The summed E-state index contributed by atoms with van der Waals surface area (Å²) in [7, 11) is 0. The van der Waals surface area contributed by atoms with Crippen molar-refractivity contribution in [3.8, 4) is 0 Å². The summed E-state index contributed by atoms with van der Waals surface area (Å²) in [6, 6.07) is 7.50. The molecule has 1 atom stereocenters. The predicted octanol–water partition coefficient (Wildman–Crippen LogP) is 3.64. The van der Waals surface area contributed by atoms with Gasteiger partial charge in [0.1, 0.15) is 6.17 Å². The van der Waals surface area contributed by atoms with Crippen molar-refractivity contribution >= 4 is 34.0 Å². The van der Waals surface area contributed by atoms with E-state index >= 15 is 0 Å².